The van der Waals surface area contributed by atoms with E-state index in [1.54, 1.807) is 24.4 Å². The highest BCUT2D eigenvalue weighted by Gasteiger charge is 2.33. The minimum atomic E-state index is -0.864. The van der Waals surface area contributed by atoms with Crippen LogP contribution >= 0.6 is 0 Å². The molecule has 0 saturated carbocycles. The Balaban J connectivity index is 1.53. The lowest BCUT2D eigenvalue weighted by Crippen LogP contribution is -2.32. The predicted octanol–water partition coefficient (Wildman–Crippen LogP) is 2.42. The number of carbonyl (C=O) groups excluding carboxylic acids is 4. The van der Waals surface area contributed by atoms with Gasteiger partial charge in [-0.05, 0) is 44.2 Å². The van der Waals surface area contributed by atoms with Crippen LogP contribution in [0, 0.1) is 13.8 Å². The third kappa shape index (κ3) is 3.52. The number of fused-ring (bicyclic) bond motifs is 1. The summed E-state index contributed by atoms with van der Waals surface area (Å²) in [5, 5.41) is 3.22. The van der Waals surface area contributed by atoms with E-state index in [-0.39, 0.29) is 24.3 Å². The number of hydrogen-bond donors (Lipinski definition) is 1. The molecule has 4 rings (SSSR count). The average Bonchev–Trinajstić information content (AvgIpc) is 3.27. The molecule has 1 aliphatic heterocycles. The summed E-state index contributed by atoms with van der Waals surface area (Å²) >= 11 is 0. The van der Waals surface area contributed by atoms with E-state index in [1.165, 1.54) is 12.1 Å². The summed E-state index contributed by atoms with van der Waals surface area (Å²) in [6.45, 7) is 3.78. The van der Waals surface area contributed by atoms with Crippen molar-refractivity contribution in [3.63, 3.8) is 0 Å². The highest BCUT2D eigenvalue weighted by molar-refractivity contribution is 6.09. The van der Waals surface area contributed by atoms with E-state index >= 15 is 0 Å². The summed E-state index contributed by atoms with van der Waals surface area (Å²) < 4.78 is 1.82. The van der Waals surface area contributed by atoms with Gasteiger partial charge in [0.1, 0.15) is 5.65 Å². The molecule has 1 aromatic carbocycles. The number of aryl methyl sites for hydroxylation is 2. The third-order valence-corrected chi connectivity index (χ3v) is 4.72. The van der Waals surface area contributed by atoms with Gasteiger partial charge in [-0.25, -0.2) is 9.78 Å². The fourth-order valence-corrected chi connectivity index (χ4v) is 3.29. The SMILES string of the molecule is Cc1cc(C)n2ccc(C(=O)Nc3cccc(C(=O)ON4C(=O)CCC4=O)c3)c2n1. The number of imide groups is 1. The zero-order chi connectivity index (χ0) is 21.4. The predicted molar refractivity (Wildman–Crippen MR) is 106 cm³/mol. The van der Waals surface area contributed by atoms with Gasteiger partial charge < -0.3 is 14.6 Å². The maximum Gasteiger partial charge on any atom is 0.363 e. The van der Waals surface area contributed by atoms with Crippen molar-refractivity contribution in [2.45, 2.75) is 26.7 Å². The minimum Gasteiger partial charge on any atom is -0.325 e. The first-order valence-corrected chi connectivity index (χ1v) is 9.28. The van der Waals surface area contributed by atoms with Crippen LogP contribution in [0.25, 0.3) is 5.65 Å². The number of hydrogen-bond acceptors (Lipinski definition) is 6. The Morgan fingerprint density at radius 2 is 1.80 bits per heavy atom. The number of carbonyl (C=O) groups is 4. The Labute approximate surface area is 171 Å². The number of benzene rings is 1. The van der Waals surface area contributed by atoms with Crippen molar-refractivity contribution in [1.29, 1.82) is 0 Å². The molecule has 1 N–H and O–H groups in total. The third-order valence-electron chi connectivity index (χ3n) is 4.72. The topological polar surface area (TPSA) is 110 Å². The summed E-state index contributed by atoms with van der Waals surface area (Å²) in [5.41, 5.74) is 3.12. The van der Waals surface area contributed by atoms with Crippen LogP contribution in [0.1, 0.15) is 44.9 Å². The van der Waals surface area contributed by atoms with Crippen molar-refractivity contribution in [1.82, 2.24) is 14.4 Å². The van der Waals surface area contributed by atoms with Gasteiger partial charge in [0.05, 0.1) is 11.1 Å². The Morgan fingerprint density at radius 1 is 1.07 bits per heavy atom. The van der Waals surface area contributed by atoms with E-state index in [0.29, 0.717) is 22.0 Å². The second kappa shape index (κ2) is 7.43. The fraction of sp³-hybridized carbons (Fsp3) is 0.190. The van der Waals surface area contributed by atoms with Crippen LogP contribution in [0.2, 0.25) is 0 Å². The largest absolute Gasteiger partial charge is 0.363 e. The molecule has 1 saturated heterocycles. The molecule has 0 radical (unpaired) electrons. The summed E-state index contributed by atoms with van der Waals surface area (Å²) in [6.07, 6.45) is 1.80. The fourth-order valence-electron chi connectivity index (χ4n) is 3.29. The summed E-state index contributed by atoms with van der Waals surface area (Å²) in [5.74, 6) is -2.37. The molecule has 30 heavy (non-hydrogen) atoms. The normalized spacial score (nSPS) is 13.7. The van der Waals surface area contributed by atoms with Crippen molar-refractivity contribution in [2.24, 2.45) is 0 Å². The summed E-state index contributed by atoms with van der Waals surface area (Å²) in [4.78, 5) is 57.7. The molecular formula is C21H18N4O5. The molecule has 0 aliphatic carbocycles. The van der Waals surface area contributed by atoms with Gasteiger partial charge in [-0.1, -0.05) is 6.07 Å². The first kappa shape index (κ1) is 19.3. The number of hydroxylamine groups is 2. The van der Waals surface area contributed by atoms with E-state index in [0.717, 1.165) is 11.4 Å². The van der Waals surface area contributed by atoms with Crippen molar-refractivity contribution in [2.75, 3.05) is 5.32 Å². The molecule has 3 aromatic rings. The van der Waals surface area contributed by atoms with Crippen LogP contribution in [0.15, 0.2) is 42.6 Å². The van der Waals surface area contributed by atoms with Gasteiger partial charge in [0, 0.05) is 36.1 Å². The molecular weight excluding hydrogens is 388 g/mol. The molecule has 3 heterocycles. The van der Waals surface area contributed by atoms with Crippen LogP contribution in [-0.4, -0.2) is 38.1 Å². The van der Waals surface area contributed by atoms with Crippen molar-refractivity contribution in [3.8, 4) is 0 Å². The summed E-state index contributed by atoms with van der Waals surface area (Å²) in [6, 6.07) is 9.64. The zero-order valence-electron chi connectivity index (χ0n) is 16.3. The molecule has 9 heteroatoms. The Kier molecular flexibility index (Phi) is 4.78. The van der Waals surface area contributed by atoms with Gasteiger partial charge in [-0.3, -0.25) is 14.4 Å². The van der Waals surface area contributed by atoms with Crippen molar-refractivity contribution >= 4 is 35.0 Å². The van der Waals surface area contributed by atoms with Crippen molar-refractivity contribution < 1.29 is 24.0 Å². The molecule has 2 aromatic heterocycles. The van der Waals surface area contributed by atoms with Gasteiger partial charge in [0.2, 0.25) is 0 Å². The number of anilines is 1. The van der Waals surface area contributed by atoms with Crippen LogP contribution in [0.3, 0.4) is 0 Å². The minimum absolute atomic E-state index is 0.0147. The summed E-state index contributed by atoms with van der Waals surface area (Å²) in [7, 11) is 0. The average molecular weight is 406 g/mol. The maximum absolute atomic E-state index is 12.8. The lowest BCUT2D eigenvalue weighted by atomic mass is 10.2. The molecule has 1 fully saturated rings. The quantitative estimate of drug-likeness (QED) is 0.667. The Bertz CT molecular complexity index is 1200. The Morgan fingerprint density at radius 3 is 2.53 bits per heavy atom. The number of amides is 3. The molecule has 0 unspecified atom stereocenters. The smallest absolute Gasteiger partial charge is 0.325 e. The molecule has 0 atom stereocenters. The molecule has 152 valence electrons. The number of aromatic nitrogens is 2. The number of nitrogens with zero attached hydrogens (tertiary/aromatic N) is 3. The van der Waals surface area contributed by atoms with Gasteiger partial charge in [0.25, 0.3) is 17.7 Å². The number of rotatable bonds is 4. The van der Waals surface area contributed by atoms with Gasteiger partial charge in [0.15, 0.2) is 0 Å². The van der Waals surface area contributed by atoms with E-state index in [1.807, 2.05) is 24.3 Å². The second-order valence-electron chi connectivity index (χ2n) is 6.96. The lowest BCUT2D eigenvalue weighted by Gasteiger charge is -2.13. The lowest BCUT2D eigenvalue weighted by molar-refractivity contribution is -0.172. The molecule has 3 amide bonds. The molecule has 1 aliphatic rings. The van der Waals surface area contributed by atoms with Crippen LogP contribution in [-0.2, 0) is 14.4 Å². The van der Waals surface area contributed by atoms with Gasteiger partial charge in [-0.2, -0.15) is 0 Å². The van der Waals surface area contributed by atoms with E-state index in [2.05, 4.69) is 10.3 Å². The molecule has 9 nitrogen and oxygen atoms in total. The number of nitrogens with one attached hydrogen (secondary N) is 1. The van der Waals surface area contributed by atoms with Crippen molar-refractivity contribution in [3.05, 3.63) is 65.1 Å². The van der Waals surface area contributed by atoms with Gasteiger partial charge >= 0.3 is 5.97 Å². The van der Waals surface area contributed by atoms with E-state index in [9.17, 15) is 19.2 Å². The highest BCUT2D eigenvalue weighted by atomic mass is 16.7. The molecule has 0 bridgehead atoms. The Hall–Kier alpha value is -4.01. The standard InChI is InChI=1S/C21H18N4O5/c1-12-10-13(2)24-9-8-16(19(24)22-12)20(28)23-15-5-3-4-14(11-15)21(29)30-25-17(26)6-7-18(25)27/h3-5,8-11H,6-7H2,1-2H3,(H,23,28). The maximum atomic E-state index is 12.8. The van der Waals surface area contributed by atoms with Gasteiger partial charge in [-0.15, -0.1) is 5.06 Å². The van der Waals surface area contributed by atoms with Crippen LogP contribution < -0.4 is 5.32 Å². The monoisotopic (exact) mass is 406 g/mol. The van der Waals surface area contributed by atoms with E-state index in [4.69, 9.17) is 4.84 Å². The van der Waals surface area contributed by atoms with Crippen LogP contribution in [0.5, 0.6) is 0 Å². The van der Waals surface area contributed by atoms with Crippen LogP contribution in [0.4, 0.5) is 5.69 Å². The van der Waals surface area contributed by atoms with E-state index < -0.39 is 17.8 Å². The highest BCUT2D eigenvalue weighted by Crippen LogP contribution is 2.19. The second-order valence-corrected chi connectivity index (χ2v) is 6.96. The molecule has 0 spiro atoms. The first-order chi connectivity index (χ1) is 14.3. The zero-order valence-corrected chi connectivity index (χ0v) is 16.3. The first-order valence-electron chi connectivity index (χ1n) is 9.28.